The van der Waals surface area contributed by atoms with E-state index < -0.39 is 11.7 Å². The van der Waals surface area contributed by atoms with E-state index in [4.69, 9.17) is 0 Å². The summed E-state index contributed by atoms with van der Waals surface area (Å²) in [4.78, 5) is 43.8. The van der Waals surface area contributed by atoms with E-state index in [-0.39, 0.29) is 36.0 Å². The number of imidazole rings is 1. The van der Waals surface area contributed by atoms with Gasteiger partial charge in [-0.25, -0.2) is 19.2 Å². The quantitative estimate of drug-likeness (QED) is 0.309. The van der Waals surface area contributed by atoms with Crippen LogP contribution in [0.3, 0.4) is 0 Å². The fraction of sp³-hybridized carbons (Fsp3) is 0.387. The van der Waals surface area contributed by atoms with Gasteiger partial charge in [-0.3, -0.25) is 9.79 Å². The number of amides is 3. The number of rotatable bonds is 7. The minimum absolute atomic E-state index is 0.0964. The van der Waals surface area contributed by atoms with Gasteiger partial charge in [-0.1, -0.05) is 12.6 Å². The first-order chi connectivity index (χ1) is 20.3. The Hall–Kier alpha value is -4.54. The zero-order chi connectivity index (χ0) is 29.5. The molecule has 3 aliphatic rings. The molecule has 6 rings (SSSR count). The van der Waals surface area contributed by atoms with Gasteiger partial charge in [0, 0.05) is 31.6 Å². The largest absolute Gasteiger partial charge is 0.335 e. The molecule has 3 heterocycles. The third-order valence-corrected chi connectivity index (χ3v) is 7.86. The lowest BCUT2D eigenvalue weighted by Crippen LogP contribution is -2.40. The van der Waals surface area contributed by atoms with E-state index in [0.29, 0.717) is 35.2 Å². The highest BCUT2D eigenvalue weighted by Crippen LogP contribution is 2.42. The number of amidine groups is 1. The molecular formula is C31H35FN8O2. The Morgan fingerprint density at radius 1 is 1.19 bits per heavy atom. The Morgan fingerprint density at radius 3 is 2.64 bits per heavy atom. The van der Waals surface area contributed by atoms with Gasteiger partial charge >= 0.3 is 6.03 Å². The Balaban J connectivity index is 1.32. The van der Waals surface area contributed by atoms with E-state index in [1.54, 1.807) is 48.7 Å². The highest BCUT2D eigenvalue weighted by Gasteiger charge is 2.35. The van der Waals surface area contributed by atoms with Crippen molar-refractivity contribution < 1.29 is 14.0 Å². The topological polar surface area (TPSA) is 108 Å². The highest BCUT2D eigenvalue weighted by atomic mass is 19.1. The van der Waals surface area contributed by atoms with Gasteiger partial charge in [0.15, 0.2) is 5.84 Å². The molecule has 0 saturated heterocycles. The lowest BCUT2D eigenvalue weighted by Gasteiger charge is -2.25. The second-order valence-corrected chi connectivity index (χ2v) is 11.4. The number of aliphatic imine (C=N–C) groups is 1. The normalized spacial score (nSPS) is 16.4. The molecule has 0 radical (unpaired) electrons. The first-order valence-electron chi connectivity index (χ1n) is 14.4. The van der Waals surface area contributed by atoms with Crippen LogP contribution in [0.4, 0.5) is 15.0 Å². The molecule has 2 saturated carbocycles. The van der Waals surface area contributed by atoms with Crippen molar-refractivity contribution in [3.63, 3.8) is 0 Å². The molecule has 42 heavy (non-hydrogen) atoms. The van der Waals surface area contributed by atoms with Crippen molar-refractivity contribution in [2.45, 2.75) is 70.6 Å². The van der Waals surface area contributed by atoms with Crippen molar-refractivity contribution in [3.8, 4) is 5.69 Å². The maximum atomic E-state index is 15.6. The summed E-state index contributed by atoms with van der Waals surface area (Å²) in [5, 5.41) is 5.80. The lowest BCUT2D eigenvalue weighted by molar-refractivity contribution is 0.102. The maximum Gasteiger partial charge on any atom is 0.318 e. The second kappa shape index (κ2) is 11.0. The third kappa shape index (κ3) is 5.38. The standard InChI is InChI=1S/C31H35FN8O2/c1-5-39(18(2)3)29(33-4)24-7-6-8-27(36-24)37-30(41)22-14-25-20(13-23(22)32)15-38(31(42)35-21-11-12-21)16-26-28(19-9-10-19)34-17-40(25)26/h5-8,13-14,17-19,21H,1,9-12,15-16H2,2-4H3,(H,35,42)(H,36,37,41). The number of anilines is 1. The number of aromatic nitrogens is 3. The number of fused-ring (bicyclic) bond motifs is 3. The molecule has 2 N–H and O–H groups in total. The van der Waals surface area contributed by atoms with Crippen LogP contribution in [0.25, 0.3) is 5.69 Å². The van der Waals surface area contributed by atoms with Crippen LogP contribution in [-0.2, 0) is 13.1 Å². The summed E-state index contributed by atoms with van der Waals surface area (Å²) >= 11 is 0. The van der Waals surface area contributed by atoms with E-state index in [9.17, 15) is 9.59 Å². The molecule has 10 nitrogen and oxygen atoms in total. The molecular weight excluding hydrogens is 535 g/mol. The zero-order valence-corrected chi connectivity index (χ0v) is 24.1. The van der Waals surface area contributed by atoms with Crippen molar-refractivity contribution in [1.82, 2.24) is 29.7 Å². The second-order valence-electron chi connectivity index (χ2n) is 11.4. The number of halogens is 1. The van der Waals surface area contributed by atoms with Crippen molar-refractivity contribution >= 4 is 23.6 Å². The van der Waals surface area contributed by atoms with Crippen LogP contribution in [0.5, 0.6) is 0 Å². The SMILES string of the molecule is C=CN(C(=NC)c1cccc(NC(=O)c2cc3c(cc2F)CN(C(=O)NC2CC2)Cc2c(C4CC4)ncn2-3)n1)C(C)C. The number of pyridine rings is 1. The monoisotopic (exact) mass is 570 g/mol. The number of benzene rings is 1. The molecule has 2 aliphatic carbocycles. The molecule has 1 aliphatic heterocycles. The van der Waals surface area contributed by atoms with E-state index in [2.05, 4.69) is 32.2 Å². The molecule has 0 atom stereocenters. The van der Waals surface area contributed by atoms with Gasteiger partial charge in [0.05, 0.1) is 35.5 Å². The van der Waals surface area contributed by atoms with Crippen LogP contribution >= 0.6 is 0 Å². The molecule has 3 aromatic rings. The fourth-order valence-corrected chi connectivity index (χ4v) is 5.37. The summed E-state index contributed by atoms with van der Waals surface area (Å²) in [6, 6.07) is 8.23. The summed E-state index contributed by atoms with van der Waals surface area (Å²) < 4.78 is 17.5. The molecule has 2 fully saturated rings. The van der Waals surface area contributed by atoms with Gasteiger partial charge in [-0.15, -0.1) is 0 Å². The van der Waals surface area contributed by atoms with Gasteiger partial charge in [-0.05, 0) is 75.6 Å². The van der Waals surface area contributed by atoms with Gasteiger partial charge in [0.25, 0.3) is 5.91 Å². The van der Waals surface area contributed by atoms with Gasteiger partial charge in [0.1, 0.15) is 17.3 Å². The van der Waals surface area contributed by atoms with Crippen molar-refractivity contribution in [2.24, 2.45) is 4.99 Å². The molecule has 218 valence electrons. The predicted octanol–water partition coefficient (Wildman–Crippen LogP) is 4.95. The Bertz CT molecular complexity index is 1590. The van der Waals surface area contributed by atoms with Crippen LogP contribution in [0, 0.1) is 5.82 Å². The smallest absolute Gasteiger partial charge is 0.318 e. The fourth-order valence-electron chi connectivity index (χ4n) is 5.37. The van der Waals surface area contributed by atoms with Crippen LogP contribution in [0.2, 0.25) is 0 Å². The lowest BCUT2D eigenvalue weighted by atomic mass is 10.1. The summed E-state index contributed by atoms with van der Waals surface area (Å²) in [6.45, 7) is 8.47. The van der Waals surface area contributed by atoms with Crippen LogP contribution in [-0.4, -0.2) is 61.2 Å². The van der Waals surface area contributed by atoms with Crippen LogP contribution in [0.1, 0.15) is 78.5 Å². The zero-order valence-electron chi connectivity index (χ0n) is 24.1. The molecule has 11 heteroatoms. The number of urea groups is 1. The average Bonchev–Trinajstić information content (AvgIpc) is 3.90. The van der Waals surface area contributed by atoms with Crippen molar-refractivity contribution in [2.75, 3.05) is 12.4 Å². The molecule has 2 aromatic heterocycles. The number of carbonyl (C=O) groups is 2. The summed E-state index contributed by atoms with van der Waals surface area (Å²) in [7, 11) is 1.67. The van der Waals surface area contributed by atoms with E-state index in [1.807, 2.05) is 23.3 Å². The number of nitrogens with zero attached hydrogens (tertiary/aromatic N) is 6. The number of hydrogen-bond acceptors (Lipinski definition) is 5. The number of nitrogens with one attached hydrogen (secondary N) is 2. The van der Waals surface area contributed by atoms with Crippen molar-refractivity contribution in [3.05, 3.63) is 83.5 Å². The number of hydrogen-bond donors (Lipinski definition) is 2. The molecule has 0 bridgehead atoms. The highest BCUT2D eigenvalue weighted by molar-refractivity contribution is 6.05. The molecule has 1 aromatic carbocycles. The minimum atomic E-state index is -0.676. The summed E-state index contributed by atoms with van der Waals surface area (Å²) in [5.74, 6) is -0.0768. The molecule has 0 unspecified atom stereocenters. The third-order valence-electron chi connectivity index (χ3n) is 7.86. The minimum Gasteiger partial charge on any atom is -0.335 e. The molecule has 0 spiro atoms. The summed E-state index contributed by atoms with van der Waals surface area (Å²) in [5.41, 5.74) is 3.54. The first-order valence-corrected chi connectivity index (χ1v) is 14.4. The van der Waals surface area contributed by atoms with E-state index >= 15 is 4.39 Å². The predicted molar refractivity (Wildman–Crippen MR) is 158 cm³/mol. The van der Waals surface area contributed by atoms with E-state index in [1.165, 1.54) is 6.07 Å². The van der Waals surface area contributed by atoms with Crippen LogP contribution < -0.4 is 10.6 Å². The van der Waals surface area contributed by atoms with Crippen LogP contribution in [0.15, 0.2) is 54.4 Å². The van der Waals surface area contributed by atoms with Gasteiger partial charge in [-0.2, -0.15) is 0 Å². The molecule has 3 amide bonds. The van der Waals surface area contributed by atoms with Crippen molar-refractivity contribution in [1.29, 1.82) is 0 Å². The Morgan fingerprint density at radius 2 is 1.98 bits per heavy atom. The Kier molecular flexibility index (Phi) is 7.26. The van der Waals surface area contributed by atoms with Gasteiger partial charge < -0.3 is 25.0 Å². The Labute approximate surface area is 244 Å². The summed E-state index contributed by atoms with van der Waals surface area (Å²) in [6.07, 6.45) is 7.47. The number of carbonyl (C=O) groups excluding carboxylic acids is 2. The average molecular weight is 571 g/mol. The maximum absolute atomic E-state index is 15.6. The van der Waals surface area contributed by atoms with Gasteiger partial charge in [0.2, 0.25) is 0 Å². The first kappa shape index (κ1) is 27.6. The van der Waals surface area contributed by atoms with E-state index in [0.717, 1.165) is 37.1 Å².